The van der Waals surface area contributed by atoms with Crippen LogP contribution in [0.1, 0.15) is 79.0 Å². The fourth-order valence-electron chi connectivity index (χ4n) is 7.39. The Morgan fingerprint density at radius 3 is 2.02 bits per heavy atom. The number of hydrogen-bond donors (Lipinski definition) is 1. The fourth-order valence-corrected chi connectivity index (χ4v) is 9.05. The van der Waals surface area contributed by atoms with Gasteiger partial charge in [0, 0.05) is 30.7 Å². The fraction of sp³-hybridized carbons (Fsp3) is 0.308. The Bertz CT molecular complexity index is 1840. The van der Waals surface area contributed by atoms with Crippen LogP contribution in [0.15, 0.2) is 126 Å². The molecule has 0 amide bonds. The summed E-state index contributed by atoms with van der Waals surface area (Å²) in [7, 11) is -3.25. The Hall–Kier alpha value is -4.04. The number of nitrogens with one attached hydrogen (secondary N) is 1. The Kier molecular flexibility index (Phi) is 7.63. The third-order valence-corrected chi connectivity index (χ3v) is 12.2. The summed E-state index contributed by atoms with van der Waals surface area (Å²) in [6.45, 7) is 0. The first-order valence-electron chi connectivity index (χ1n) is 16.4. The molecule has 2 aromatic heterocycles. The van der Waals surface area contributed by atoms with Gasteiger partial charge in [0.2, 0.25) is 0 Å². The number of hydrogen-bond acceptors (Lipinski definition) is 5. The molecule has 1 saturated heterocycles. The van der Waals surface area contributed by atoms with Crippen LogP contribution in [0.4, 0.5) is 0 Å². The number of ether oxygens (including phenoxy) is 2. The molecule has 7 heteroatoms. The van der Waals surface area contributed by atoms with Crippen molar-refractivity contribution < 1.29 is 17.9 Å². The molecule has 4 unspecified atom stereocenters. The van der Waals surface area contributed by atoms with Gasteiger partial charge in [-0.15, -0.1) is 0 Å². The quantitative estimate of drug-likeness (QED) is 0.177. The average Bonchev–Trinajstić information content (AvgIpc) is 3.57. The highest BCUT2D eigenvalue weighted by molar-refractivity contribution is 7.92. The van der Waals surface area contributed by atoms with E-state index in [2.05, 4.69) is 70.6 Å². The predicted octanol–water partition coefficient (Wildman–Crippen LogP) is 8.56. The van der Waals surface area contributed by atoms with Crippen LogP contribution in [-0.4, -0.2) is 29.4 Å². The number of rotatable bonds is 9. The molecule has 46 heavy (non-hydrogen) atoms. The third kappa shape index (κ3) is 5.72. The van der Waals surface area contributed by atoms with Gasteiger partial charge < -0.3 is 14.5 Å². The molecule has 3 aromatic carbocycles. The SMILES string of the molecule is O=S(=O)(c1ccc(C(CC2CCC3(C2)OC(c2ccccc2)C(c2ccccc2)O3)c2ccc(-c3ccccn3)[nH]2)cc1)C1CC1. The lowest BCUT2D eigenvalue weighted by Crippen LogP contribution is -2.26. The van der Waals surface area contributed by atoms with Crippen LogP contribution >= 0.6 is 0 Å². The zero-order valence-electron chi connectivity index (χ0n) is 25.7. The minimum absolute atomic E-state index is 0.0477. The minimum Gasteiger partial charge on any atom is -0.357 e. The maximum Gasteiger partial charge on any atom is 0.181 e. The molecular formula is C39H38N2O4S. The summed E-state index contributed by atoms with van der Waals surface area (Å²) in [6.07, 6.45) is 6.48. The molecule has 3 aliphatic rings. The van der Waals surface area contributed by atoms with E-state index in [9.17, 15) is 8.42 Å². The monoisotopic (exact) mass is 630 g/mol. The van der Waals surface area contributed by atoms with Crippen LogP contribution in [0.5, 0.6) is 0 Å². The van der Waals surface area contributed by atoms with Gasteiger partial charge in [0.25, 0.3) is 0 Å². The lowest BCUT2D eigenvalue weighted by molar-refractivity contribution is -0.172. The van der Waals surface area contributed by atoms with Crippen LogP contribution < -0.4 is 0 Å². The largest absolute Gasteiger partial charge is 0.357 e. The highest BCUT2D eigenvalue weighted by atomic mass is 32.2. The van der Waals surface area contributed by atoms with Crippen LogP contribution in [-0.2, 0) is 19.3 Å². The van der Waals surface area contributed by atoms with E-state index in [4.69, 9.17) is 9.47 Å². The van der Waals surface area contributed by atoms with Crippen molar-refractivity contribution in [3.8, 4) is 11.4 Å². The van der Waals surface area contributed by atoms with E-state index in [-0.39, 0.29) is 23.4 Å². The van der Waals surface area contributed by atoms with Gasteiger partial charge >= 0.3 is 0 Å². The van der Waals surface area contributed by atoms with Gasteiger partial charge in [0.05, 0.1) is 21.5 Å². The Morgan fingerprint density at radius 2 is 1.41 bits per heavy atom. The van der Waals surface area contributed by atoms with E-state index in [0.29, 0.717) is 10.8 Å². The van der Waals surface area contributed by atoms with Gasteiger partial charge in [0.15, 0.2) is 15.6 Å². The number of pyridine rings is 1. The van der Waals surface area contributed by atoms with Crippen molar-refractivity contribution in [3.05, 3.63) is 144 Å². The zero-order chi connectivity index (χ0) is 31.1. The molecule has 3 fully saturated rings. The Balaban J connectivity index is 1.08. The van der Waals surface area contributed by atoms with E-state index in [0.717, 1.165) is 72.3 Å². The van der Waals surface area contributed by atoms with Gasteiger partial charge in [-0.3, -0.25) is 4.98 Å². The predicted molar refractivity (Wildman–Crippen MR) is 178 cm³/mol. The maximum atomic E-state index is 12.9. The second-order valence-electron chi connectivity index (χ2n) is 13.1. The summed E-state index contributed by atoms with van der Waals surface area (Å²) in [5.74, 6) is -0.244. The van der Waals surface area contributed by atoms with Crippen LogP contribution in [0, 0.1) is 5.92 Å². The molecular weight excluding hydrogens is 593 g/mol. The van der Waals surface area contributed by atoms with Crippen molar-refractivity contribution >= 4 is 9.84 Å². The zero-order valence-corrected chi connectivity index (χ0v) is 26.5. The number of sulfone groups is 1. The Morgan fingerprint density at radius 1 is 0.761 bits per heavy atom. The molecule has 8 rings (SSSR count). The van der Waals surface area contributed by atoms with Crippen molar-refractivity contribution in [3.63, 3.8) is 0 Å². The third-order valence-electron chi connectivity index (χ3n) is 9.92. The minimum atomic E-state index is -3.25. The summed E-state index contributed by atoms with van der Waals surface area (Å²) in [4.78, 5) is 8.61. The summed E-state index contributed by atoms with van der Waals surface area (Å²) >= 11 is 0. The van der Waals surface area contributed by atoms with E-state index in [1.807, 2.05) is 42.5 Å². The molecule has 0 radical (unpaired) electrons. The first-order chi connectivity index (χ1) is 22.5. The first kappa shape index (κ1) is 29.4. The van der Waals surface area contributed by atoms with Crippen molar-refractivity contribution in [1.82, 2.24) is 9.97 Å². The molecule has 2 aliphatic carbocycles. The summed E-state index contributed by atoms with van der Waals surface area (Å²) in [6, 6.07) is 38.6. The van der Waals surface area contributed by atoms with Crippen LogP contribution in [0.3, 0.4) is 0 Å². The molecule has 3 heterocycles. The van der Waals surface area contributed by atoms with Gasteiger partial charge in [0.1, 0.15) is 12.2 Å². The second-order valence-corrected chi connectivity index (χ2v) is 15.3. The summed E-state index contributed by atoms with van der Waals surface area (Å²) in [5.41, 5.74) is 6.31. The molecule has 2 saturated carbocycles. The van der Waals surface area contributed by atoms with Crippen molar-refractivity contribution in [2.45, 2.75) is 72.6 Å². The molecule has 1 spiro atoms. The highest BCUT2D eigenvalue weighted by Crippen LogP contribution is 2.55. The number of aromatic amines is 1. The van der Waals surface area contributed by atoms with Gasteiger partial charge in [-0.05, 0) is 84.7 Å². The van der Waals surface area contributed by atoms with Crippen molar-refractivity contribution in [2.24, 2.45) is 5.92 Å². The summed E-state index contributed by atoms with van der Waals surface area (Å²) < 4.78 is 39.7. The molecule has 4 atom stereocenters. The first-order valence-corrected chi connectivity index (χ1v) is 17.9. The molecule has 1 aliphatic heterocycles. The van der Waals surface area contributed by atoms with E-state index < -0.39 is 15.6 Å². The molecule has 6 nitrogen and oxygen atoms in total. The topological polar surface area (TPSA) is 81.3 Å². The lowest BCUT2D eigenvalue weighted by Gasteiger charge is -2.25. The van der Waals surface area contributed by atoms with E-state index in [1.54, 1.807) is 18.3 Å². The maximum absolute atomic E-state index is 12.9. The number of benzene rings is 3. The number of H-pyrrole nitrogens is 1. The second kappa shape index (κ2) is 12.0. The van der Waals surface area contributed by atoms with Crippen molar-refractivity contribution in [2.75, 3.05) is 0 Å². The normalized spacial score (nSPS) is 25.2. The van der Waals surface area contributed by atoms with Crippen LogP contribution in [0.2, 0.25) is 0 Å². The van der Waals surface area contributed by atoms with E-state index >= 15 is 0 Å². The number of aromatic nitrogens is 2. The van der Waals surface area contributed by atoms with Gasteiger partial charge in [-0.1, -0.05) is 78.9 Å². The van der Waals surface area contributed by atoms with Crippen molar-refractivity contribution in [1.29, 1.82) is 0 Å². The van der Waals surface area contributed by atoms with E-state index in [1.165, 1.54) is 0 Å². The Labute approximate surface area is 270 Å². The standard InChI is InChI=1S/C39H38N2O4S/c42-46(43,32-18-19-32)31-16-14-28(15-17-31)33(34-20-21-36(41-34)35-13-7-8-24-40-35)25-27-22-23-39(26-27)44-37(29-9-3-1-4-10-29)38(45-39)30-11-5-2-6-12-30/h1-17,20-21,24,27,32-33,37-38,41H,18-19,22-23,25-26H2. The summed E-state index contributed by atoms with van der Waals surface area (Å²) in [5, 5.41) is -0.223. The lowest BCUT2D eigenvalue weighted by atomic mass is 9.85. The molecule has 0 bridgehead atoms. The molecule has 1 N–H and O–H groups in total. The molecule has 234 valence electrons. The number of nitrogens with zero attached hydrogens (tertiary/aromatic N) is 1. The van der Waals surface area contributed by atoms with Gasteiger partial charge in [-0.2, -0.15) is 0 Å². The highest BCUT2D eigenvalue weighted by Gasteiger charge is 2.52. The average molecular weight is 631 g/mol. The smallest absolute Gasteiger partial charge is 0.181 e. The molecule has 5 aromatic rings. The van der Waals surface area contributed by atoms with Crippen LogP contribution in [0.25, 0.3) is 11.4 Å². The van der Waals surface area contributed by atoms with Gasteiger partial charge in [-0.25, -0.2) is 8.42 Å².